The number of piperazine rings is 1. The highest BCUT2D eigenvalue weighted by molar-refractivity contribution is 7.89. The second kappa shape index (κ2) is 8.14. The number of amides is 1. The van der Waals surface area contributed by atoms with Crippen LogP contribution in [0.1, 0.15) is 17.7 Å². The normalized spacial score (nSPS) is 15.7. The van der Waals surface area contributed by atoms with Crippen LogP contribution < -0.4 is 4.74 Å². The largest absolute Gasteiger partial charge is 0.496 e. The lowest BCUT2D eigenvalue weighted by Gasteiger charge is -2.34. The third-order valence-electron chi connectivity index (χ3n) is 4.76. The van der Waals surface area contributed by atoms with Gasteiger partial charge in [-0.3, -0.25) is 4.79 Å². The second-order valence-electron chi connectivity index (χ2n) is 6.50. The molecule has 0 aliphatic carbocycles. The predicted octanol–water partition coefficient (Wildman–Crippen LogP) is 2.06. The van der Waals surface area contributed by atoms with Gasteiger partial charge in [0.25, 0.3) is 0 Å². The van der Waals surface area contributed by atoms with Crippen LogP contribution in [0, 0.1) is 6.92 Å². The van der Waals surface area contributed by atoms with Gasteiger partial charge in [-0.25, -0.2) is 8.42 Å². The van der Waals surface area contributed by atoms with Crippen LogP contribution in [0.15, 0.2) is 45.9 Å². The standard InChI is InChI=1S/C19H24N2O5S/c1-15-14-17(6-7-18(15)25-2)27(23,24)21-11-9-20(10-12-21)19(22)8-5-16-4-3-13-26-16/h3-4,6-7,13-14H,5,8-12H2,1-2H3. The number of aryl methyl sites for hydroxylation is 2. The molecule has 0 N–H and O–H groups in total. The first-order chi connectivity index (χ1) is 12.9. The highest BCUT2D eigenvalue weighted by atomic mass is 32.2. The summed E-state index contributed by atoms with van der Waals surface area (Å²) in [4.78, 5) is 14.3. The summed E-state index contributed by atoms with van der Waals surface area (Å²) in [5.41, 5.74) is 0.769. The van der Waals surface area contributed by atoms with Crippen molar-refractivity contribution in [2.75, 3.05) is 33.3 Å². The summed E-state index contributed by atoms with van der Waals surface area (Å²) in [5, 5.41) is 0. The van der Waals surface area contributed by atoms with Crippen LogP contribution in [-0.2, 0) is 21.2 Å². The van der Waals surface area contributed by atoms with Crippen molar-refractivity contribution in [3.8, 4) is 5.75 Å². The highest BCUT2D eigenvalue weighted by Gasteiger charge is 2.30. The lowest BCUT2D eigenvalue weighted by Crippen LogP contribution is -2.50. The maximum absolute atomic E-state index is 12.9. The van der Waals surface area contributed by atoms with Crippen LogP contribution >= 0.6 is 0 Å². The lowest BCUT2D eigenvalue weighted by atomic mass is 10.2. The number of furan rings is 1. The number of hydrogen-bond acceptors (Lipinski definition) is 5. The van der Waals surface area contributed by atoms with Crippen LogP contribution in [0.2, 0.25) is 0 Å². The molecule has 146 valence electrons. The first-order valence-corrected chi connectivity index (χ1v) is 10.3. The Morgan fingerprint density at radius 1 is 1.19 bits per heavy atom. The number of sulfonamides is 1. The number of carbonyl (C=O) groups is 1. The molecule has 1 fully saturated rings. The van der Waals surface area contributed by atoms with Gasteiger partial charge in [-0.05, 0) is 42.8 Å². The van der Waals surface area contributed by atoms with Crippen molar-refractivity contribution in [3.63, 3.8) is 0 Å². The van der Waals surface area contributed by atoms with Crippen molar-refractivity contribution in [3.05, 3.63) is 47.9 Å². The first-order valence-electron chi connectivity index (χ1n) is 8.87. The molecule has 1 aromatic carbocycles. The number of benzene rings is 1. The zero-order valence-corrected chi connectivity index (χ0v) is 16.4. The van der Waals surface area contributed by atoms with Crippen molar-refractivity contribution in [1.82, 2.24) is 9.21 Å². The molecule has 1 aliphatic rings. The monoisotopic (exact) mass is 392 g/mol. The Balaban J connectivity index is 1.59. The van der Waals surface area contributed by atoms with Gasteiger partial charge >= 0.3 is 0 Å². The quantitative estimate of drug-likeness (QED) is 0.752. The van der Waals surface area contributed by atoms with E-state index in [2.05, 4.69) is 0 Å². The molecule has 7 nitrogen and oxygen atoms in total. The van der Waals surface area contributed by atoms with Crippen LogP contribution in [-0.4, -0.2) is 56.8 Å². The number of ether oxygens (including phenoxy) is 1. The van der Waals surface area contributed by atoms with Crippen molar-refractivity contribution in [2.24, 2.45) is 0 Å². The summed E-state index contributed by atoms with van der Waals surface area (Å²) in [6, 6.07) is 8.48. The molecule has 3 rings (SSSR count). The molecular weight excluding hydrogens is 368 g/mol. The van der Waals surface area contributed by atoms with E-state index in [0.717, 1.165) is 11.3 Å². The molecule has 27 heavy (non-hydrogen) atoms. The van der Waals surface area contributed by atoms with Gasteiger partial charge in [0.05, 0.1) is 18.3 Å². The van der Waals surface area contributed by atoms with Gasteiger partial charge in [0.15, 0.2) is 0 Å². The molecule has 0 bridgehead atoms. The van der Waals surface area contributed by atoms with Gasteiger partial charge in [-0.1, -0.05) is 0 Å². The number of rotatable bonds is 6. The van der Waals surface area contributed by atoms with E-state index in [1.807, 2.05) is 13.0 Å². The predicted molar refractivity (Wildman–Crippen MR) is 100 cm³/mol. The molecule has 1 saturated heterocycles. The van der Waals surface area contributed by atoms with Crippen LogP contribution in [0.4, 0.5) is 0 Å². The van der Waals surface area contributed by atoms with E-state index >= 15 is 0 Å². The lowest BCUT2D eigenvalue weighted by molar-refractivity contribution is -0.132. The molecule has 1 aliphatic heterocycles. The Morgan fingerprint density at radius 2 is 1.93 bits per heavy atom. The minimum atomic E-state index is -3.58. The Hall–Kier alpha value is -2.32. The Bertz CT molecular complexity index is 885. The average molecular weight is 392 g/mol. The maximum Gasteiger partial charge on any atom is 0.243 e. The Labute approximate surface area is 159 Å². The number of nitrogens with zero attached hydrogens (tertiary/aromatic N) is 2. The summed E-state index contributed by atoms with van der Waals surface area (Å²) in [7, 11) is -2.03. The zero-order valence-electron chi connectivity index (χ0n) is 15.6. The zero-order chi connectivity index (χ0) is 19.4. The molecule has 0 spiro atoms. The van der Waals surface area contributed by atoms with Crippen molar-refractivity contribution >= 4 is 15.9 Å². The Morgan fingerprint density at radius 3 is 2.52 bits per heavy atom. The van der Waals surface area contributed by atoms with Crippen LogP contribution in [0.3, 0.4) is 0 Å². The SMILES string of the molecule is COc1ccc(S(=O)(=O)N2CCN(C(=O)CCc3ccco3)CC2)cc1C. The van der Waals surface area contributed by atoms with E-state index in [9.17, 15) is 13.2 Å². The average Bonchev–Trinajstić information content (AvgIpc) is 3.19. The molecule has 0 unspecified atom stereocenters. The Kier molecular flexibility index (Phi) is 5.86. The fourth-order valence-corrected chi connectivity index (χ4v) is 4.69. The molecule has 2 heterocycles. The molecule has 1 aromatic heterocycles. The van der Waals surface area contributed by atoms with Gasteiger partial charge in [-0.15, -0.1) is 0 Å². The van der Waals surface area contributed by atoms with E-state index in [0.29, 0.717) is 44.8 Å². The molecular formula is C19H24N2O5S. The molecule has 2 aromatic rings. The van der Waals surface area contributed by atoms with Gasteiger partial charge in [-0.2, -0.15) is 4.31 Å². The molecule has 8 heteroatoms. The smallest absolute Gasteiger partial charge is 0.243 e. The number of hydrogen-bond donors (Lipinski definition) is 0. The van der Waals surface area contributed by atoms with Gasteiger partial charge in [0.2, 0.25) is 15.9 Å². The summed E-state index contributed by atoms with van der Waals surface area (Å²) in [6.07, 6.45) is 2.50. The van der Waals surface area contributed by atoms with E-state index in [-0.39, 0.29) is 10.8 Å². The second-order valence-corrected chi connectivity index (χ2v) is 8.43. The van der Waals surface area contributed by atoms with E-state index in [1.54, 1.807) is 42.5 Å². The first kappa shape index (κ1) is 19.4. The van der Waals surface area contributed by atoms with Gasteiger partial charge < -0.3 is 14.1 Å². The van der Waals surface area contributed by atoms with Crippen molar-refractivity contribution in [2.45, 2.75) is 24.7 Å². The number of methoxy groups -OCH3 is 1. The van der Waals surface area contributed by atoms with Crippen molar-refractivity contribution in [1.29, 1.82) is 0 Å². The van der Waals surface area contributed by atoms with E-state index in [4.69, 9.17) is 9.15 Å². The molecule has 0 atom stereocenters. The third-order valence-corrected chi connectivity index (χ3v) is 6.66. The fourth-order valence-electron chi connectivity index (χ4n) is 3.18. The molecule has 0 saturated carbocycles. The molecule has 0 radical (unpaired) electrons. The van der Waals surface area contributed by atoms with Gasteiger partial charge in [0.1, 0.15) is 11.5 Å². The maximum atomic E-state index is 12.9. The van der Waals surface area contributed by atoms with Crippen molar-refractivity contribution < 1.29 is 22.4 Å². The topological polar surface area (TPSA) is 80.1 Å². The molecule has 1 amide bonds. The number of carbonyl (C=O) groups excluding carboxylic acids is 1. The van der Waals surface area contributed by atoms with E-state index < -0.39 is 10.0 Å². The summed E-state index contributed by atoms with van der Waals surface area (Å²) < 4.78 is 37.6. The summed E-state index contributed by atoms with van der Waals surface area (Å²) in [5.74, 6) is 1.45. The fraction of sp³-hybridized carbons (Fsp3) is 0.421. The van der Waals surface area contributed by atoms with Crippen LogP contribution in [0.5, 0.6) is 5.75 Å². The van der Waals surface area contributed by atoms with E-state index in [1.165, 1.54) is 4.31 Å². The summed E-state index contributed by atoms with van der Waals surface area (Å²) >= 11 is 0. The van der Waals surface area contributed by atoms with Crippen LogP contribution in [0.25, 0.3) is 0 Å². The minimum Gasteiger partial charge on any atom is -0.496 e. The highest BCUT2D eigenvalue weighted by Crippen LogP contribution is 2.24. The third kappa shape index (κ3) is 4.33. The van der Waals surface area contributed by atoms with Gasteiger partial charge in [0, 0.05) is 39.0 Å². The summed E-state index contributed by atoms with van der Waals surface area (Å²) in [6.45, 7) is 3.18. The minimum absolute atomic E-state index is 0.0174.